The molecule has 0 bridgehead atoms. The highest BCUT2D eigenvalue weighted by Gasteiger charge is 2.30. The molecule has 0 aliphatic heterocycles. The van der Waals surface area contributed by atoms with Crippen molar-refractivity contribution in [3.8, 4) is 0 Å². The van der Waals surface area contributed by atoms with Crippen molar-refractivity contribution < 1.29 is 15.0 Å². The monoisotopic (exact) mass is 574 g/mol. The van der Waals surface area contributed by atoms with Gasteiger partial charge >= 0.3 is 0 Å². The fraction of sp³-hybridized carbons (Fsp3) is 0.811. The predicted octanol–water partition coefficient (Wildman–Crippen LogP) is 9.62. The molecule has 0 unspecified atom stereocenters. The SMILES string of the molecule is CCCCCCCCCCCCCCCCCC(=O)NC(CO)(CO)CCc1ccc(CCCCCCCC)cc1. The van der Waals surface area contributed by atoms with Gasteiger partial charge in [-0.25, -0.2) is 0 Å². The molecule has 0 aliphatic carbocycles. The summed E-state index contributed by atoms with van der Waals surface area (Å²) in [5.74, 6) is -0.0583. The molecule has 1 aromatic rings. The molecule has 0 radical (unpaired) electrons. The van der Waals surface area contributed by atoms with Crippen LogP contribution in [0.2, 0.25) is 0 Å². The van der Waals surface area contributed by atoms with Crippen LogP contribution in [0.5, 0.6) is 0 Å². The van der Waals surface area contributed by atoms with Crippen LogP contribution in [0.1, 0.15) is 173 Å². The van der Waals surface area contributed by atoms with Crippen molar-refractivity contribution in [3.63, 3.8) is 0 Å². The minimum Gasteiger partial charge on any atom is -0.394 e. The molecule has 0 fully saturated rings. The number of aliphatic hydroxyl groups is 2. The lowest BCUT2D eigenvalue weighted by Gasteiger charge is -2.31. The van der Waals surface area contributed by atoms with Gasteiger partial charge in [-0.3, -0.25) is 4.79 Å². The Kier molecular flexibility index (Phi) is 24.1. The number of amides is 1. The topological polar surface area (TPSA) is 69.6 Å². The van der Waals surface area contributed by atoms with Crippen LogP contribution in [0, 0.1) is 0 Å². The number of aliphatic hydroxyl groups excluding tert-OH is 2. The number of carbonyl (C=O) groups is 1. The Bertz CT molecular complexity index is 713. The van der Waals surface area contributed by atoms with Gasteiger partial charge in [0.2, 0.25) is 5.91 Å². The summed E-state index contributed by atoms with van der Waals surface area (Å²) in [6.45, 7) is 4.04. The van der Waals surface area contributed by atoms with Crippen molar-refractivity contribution in [2.45, 2.75) is 180 Å². The summed E-state index contributed by atoms with van der Waals surface area (Å²) in [5, 5.41) is 23.1. The molecule has 238 valence electrons. The van der Waals surface area contributed by atoms with Gasteiger partial charge in [-0.2, -0.15) is 0 Å². The van der Waals surface area contributed by atoms with E-state index in [1.54, 1.807) is 0 Å². The average molecular weight is 574 g/mol. The third-order valence-corrected chi connectivity index (χ3v) is 8.75. The second-order valence-corrected chi connectivity index (χ2v) is 12.7. The van der Waals surface area contributed by atoms with Gasteiger partial charge in [0.1, 0.15) is 0 Å². The first-order chi connectivity index (χ1) is 20.1. The standard InChI is InChI=1S/C37H67NO3/c1-3-5-7-9-11-12-13-14-15-16-17-18-19-21-23-25-36(41)38-37(32-39,33-40)31-30-35-28-26-34(27-29-35)24-22-20-10-8-6-4-2/h26-29,39-40H,3-25,30-33H2,1-2H3,(H,38,41). The van der Waals surface area contributed by atoms with Gasteiger partial charge in [0.25, 0.3) is 0 Å². The Hall–Kier alpha value is -1.39. The van der Waals surface area contributed by atoms with Crippen LogP contribution < -0.4 is 5.32 Å². The van der Waals surface area contributed by atoms with Gasteiger partial charge in [-0.05, 0) is 43.2 Å². The van der Waals surface area contributed by atoms with Crippen LogP contribution in [0.15, 0.2) is 24.3 Å². The van der Waals surface area contributed by atoms with Crippen LogP contribution in [0.25, 0.3) is 0 Å². The summed E-state index contributed by atoms with van der Waals surface area (Å²) in [7, 11) is 0. The highest BCUT2D eigenvalue weighted by molar-refractivity contribution is 5.76. The highest BCUT2D eigenvalue weighted by Crippen LogP contribution is 2.18. The number of hydrogen-bond acceptors (Lipinski definition) is 3. The fourth-order valence-corrected chi connectivity index (χ4v) is 5.73. The molecule has 1 rings (SSSR count). The minimum atomic E-state index is -0.955. The van der Waals surface area contributed by atoms with Crippen molar-refractivity contribution in [1.82, 2.24) is 5.32 Å². The molecule has 1 amide bonds. The van der Waals surface area contributed by atoms with Crippen molar-refractivity contribution in [3.05, 3.63) is 35.4 Å². The molecule has 41 heavy (non-hydrogen) atoms. The molecule has 4 nitrogen and oxygen atoms in total. The largest absolute Gasteiger partial charge is 0.394 e. The summed E-state index contributed by atoms with van der Waals surface area (Å²) < 4.78 is 0. The Morgan fingerprint density at radius 3 is 1.34 bits per heavy atom. The van der Waals surface area contributed by atoms with Gasteiger partial charge in [-0.15, -0.1) is 0 Å². The second kappa shape index (κ2) is 26.3. The molecule has 1 aromatic carbocycles. The van der Waals surface area contributed by atoms with E-state index in [9.17, 15) is 15.0 Å². The third-order valence-electron chi connectivity index (χ3n) is 8.75. The van der Waals surface area contributed by atoms with E-state index in [0.717, 1.165) is 25.7 Å². The number of hydrogen-bond donors (Lipinski definition) is 3. The van der Waals surface area contributed by atoms with Crippen LogP contribution >= 0.6 is 0 Å². The molecule has 0 saturated heterocycles. The predicted molar refractivity (Wildman–Crippen MR) is 176 cm³/mol. The minimum absolute atomic E-state index is 0.0583. The molecular weight excluding hydrogens is 506 g/mol. The Morgan fingerprint density at radius 2 is 0.927 bits per heavy atom. The lowest BCUT2D eigenvalue weighted by molar-refractivity contribution is -0.124. The number of aryl methyl sites for hydroxylation is 2. The van der Waals surface area contributed by atoms with Gasteiger partial charge in [0.05, 0.1) is 18.8 Å². The van der Waals surface area contributed by atoms with Crippen LogP contribution in [0.4, 0.5) is 0 Å². The Balaban J connectivity index is 2.15. The van der Waals surface area contributed by atoms with Gasteiger partial charge < -0.3 is 15.5 Å². The summed E-state index contributed by atoms with van der Waals surface area (Å²) in [5.41, 5.74) is 1.60. The molecular formula is C37H67NO3. The number of rotatable bonds is 29. The summed E-state index contributed by atoms with van der Waals surface area (Å²) in [6.07, 6.45) is 30.3. The first kappa shape index (κ1) is 37.6. The molecule has 0 saturated carbocycles. The van der Waals surface area contributed by atoms with E-state index >= 15 is 0 Å². The van der Waals surface area contributed by atoms with Crippen molar-refractivity contribution >= 4 is 5.91 Å². The summed E-state index contributed by atoms with van der Waals surface area (Å²) in [6, 6.07) is 8.72. The zero-order valence-electron chi connectivity index (χ0n) is 27.2. The maximum Gasteiger partial charge on any atom is 0.220 e. The lowest BCUT2D eigenvalue weighted by atomic mass is 9.91. The quantitative estimate of drug-likeness (QED) is 0.0836. The van der Waals surface area contributed by atoms with E-state index in [-0.39, 0.29) is 19.1 Å². The van der Waals surface area contributed by atoms with Crippen LogP contribution in [0.3, 0.4) is 0 Å². The van der Waals surface area contributed by atoms with E-state index in [0.29, 0.717) is 12.8 Å². The number of nitrogens with one attached hydrogen (secondary N) is 1. The van der Waals surface area contributed by atoms with Crippen LogP contribution in [-0.2, 0) is 17.6 Å². The zero-order valence-corrected chi connectivity index (χ0v) is 27.2. The molecule has 0 heterocycles. The molecule has 0 aromatic heterocycles. The van der Waals surface area contributed by atoms with E-state index in [2.05, 4.69) is 43.4 Å². The maximum atomic E-state index is 12.6. The van der Waals surface area contributed by atoms with Gasteiger partial charge in [0.15, 0.2) is 0 Å². The van der Waals surface area contributed by atoms with E-state index in [1.807, 2.05) is 0 Å². The smallest absolute Gasteiger partial charge is 0.220 e. The number of unbranched alkanes of at least 4 members (excludes halogenated alkanes) is 19. The Labute approximate surface area is 254 Å². The first-order valence-electron chi connectivity index (χ1n) is 17.7. The summed E-state index contributed by atoms with van der Waals surface area (Å²) >= 11 is 0. The first-order valence-corrected chi connectivity index (χ1v) is 17.7. The molecule has 3 N–H and O–H groups in total. The lowest BCUT2D eigenvalue weighted by Crippen LogP contribution is -2.54. The fourth-order valence-electron chi connectivity index (χ4n) is 5.73. The average Bonchev–Trinajstić information content (AvgIpc) is 2.99. The van der Waals surface area contributed by atoms with E-state index < -0.39 is 5.54 Å². The Morgan fingerprint density at radius 1 is 0.561 bits per heavy atom. The van der Waals surface area contributed by atoms with Gasteiger partial charge in [0, 0.05) is 6.42 Å². The second-order valence-electron chi connectivity index (χ2n) is 12.7. The normalized spacial score (nSPS) is 11.7. The van der Waals surface area contributed by atoms with Crippen molar-refractivity contribution in [1.29, 1.82) is 0 Å². The maximum absolute atomic E-state index is 12.6. The number of carbonyl (C=O) groups excluding carboxylic acids is 1. The number of benzene rings is 1. The summed E-state index contributed by atoms with van der Waals surface area (Å²) in [4.78, 5) is 12.6. The van der Waals surface area contributed by atoms with Crippen LogP contribution in [-0.4, -0.2) is 34.9 Å². The van der Waals surface area contributed by atoms with E-state index in [1.165, 1.54) is 133 Å². The zero-order chi connectivity index (χ0) is 29.9. The highest BCUT2D eigenvalue weighted by atomic mass is 16.3. The van der Waals surface area contributed by atoms with Gasteiger partial charge in [-0.1, -0.05) is 160 Å². The molecule has 0 atom stereocenters. The van der Waals surface area contributed by atoms with Crippen molar-refractivity contribution in [2.75, 3.05) is 13.2 Å². The van der Waals surface area contributed by atoms with Crippen molar-refractivity contribution in [2.24, 2.45) is 0 Å². The molecule has 0 aliphatic rings. The molecule has 4 heteroatoms. The third kappa shape index (κ3) is 20.2. The van der Waals surface area contributed by atoms with E-state index in [4.69, 9.17) is 0 Å². The molecule has 0 spiro atoms.